The number of methoxy groups -OCH3 is 1. The number of halogens is 1. The number of benzene rings is 2. The molecular weight excluding hydrogens is 360 g/mol. The Morgan fingerprint density at radius 1 is 1.26 bits per heavy atom. The van der Waals surface area contributed by atoms with Gasteiger partial charge in [-0.25, -0.2) is 0 Å². The first-order chi connectivity index (χ1) is 11.2. The van der Waals surface area contributed by atoms with Crippen molar-refractivity contribution in [3.8, 4) is 11.8 Å². The Labute approximate surface area is 143 Å². The molecule has 118 valence electrons. The lowest BCUT2D eigenvalue weighted by atomic mass is 10.1. The lowest BCUT2D eigenvalue weighted by molar-refractivity contribution is 0.102. The molecule has 1 N–H and O–H groups in total. The van der Waals surface area contributed by atoms with Crippen molar-refractivity contribution < 1.29 is 14.3 Å². The molecule has 0 aromatic heterocycles. The van der Waals surface area contributed by atoms with Crippen LogP contribution in [-0.2, 0) is 4.74 Å². The molecule has 1 amide bonds. The minimum Gasteiger partial charge on any atom is -0.490 e. The van der Waals surface area contributed by atoms with Crippen LogP contribution in [0.2, 0.25) is 0 Å². The fourth-order valence-electron chi connectivity index (χ4n) is 1.88. The third kappa shape index (κ3) is 4.55. The van der Waals surface area contributed by atoms with E-state index in [9.17, 15) is 4.79 Å². The first-order valence-corrected chi connectivity index (χ1v) is 7.66. The second-order valence-corrected chi connectivity index (χ2v) is 5.45. The molecule has 0 unspecified atom stereocenters. The molecule has 0 spiro atoms. The van der Waals surface area contributed by atoms with Crippen LogP contribution in [0.5, 0.6) is 5.75 Å². The van der Waals surface area contributed by atoms with Gasteiger partial charge < -0.3 is 14.8 Å². The van der Waals surface area contributed by atoms with Gasteiger partial charge in [0.25, 0.3) is 5.91 Å². The second kappa shape index (κ2) is 8.32. The van der Waals surface area contributed by atoms with Crippen molar-refractivity contribution >= 4 is 27.5 Å². The van der Waals surface area contributed by atoms with Crippen LogP contribution < -0.4 is 10.1 Å². The van der Waals surface area contributed by atoms with Gasteiger partial charge >= 0.3 is 0 Å². The zero-order valence-corrected chi connectivity index (χ0v) is 14.1. The highest BCUT2D eigenvalue weighted by Crippen LogP contribution is 2.26. The van der Waals surface area contributed by atoms with Gasteiger partial charge in [0.05, 0.1) is 22.3 Å². The molecule has 2 aromatic rings. The van der Waals surface area contributed by atoms with Gasteiger partial charge in [-0.15, -0.1) is 0 Å². The molecule has 0 atom stereocenters. The third-order valence-corrected chi connectivity index (χ3v) is 3.65. The summed E-state index contributed by atoms with van der Waals surface area (Å²) in [7, 11) is 1.60. The number of para-hydroxylation sites is 1. The molecule has 0 aliphatic heterocycles. The van der Waals surface area contributed by atoms with Crippen LogP contribution in [0.1, 0.15) is 15.9 Å². The van der Waals surface area contributed by atoms with Gasteiger partial charge in [-0.1, -0.05) is 12.1 Å². The summed E-state index contributed by atoms with van der Waals surface area (Å²) in [4.78, 5) is 12.3. The normalized spacial score (nSPS) is 9.96. The molecule has 0 radical (unpaired) electrons. The molecule has 0 aliphatic carbocycles. The summed E-state index contributed by atoms with van der Waals surface area (Å²) in [5.41, 5.74) is 1.36. The Morgan fingerprint density at radius 2 is 2.04 bits per heavy atom. The van der Waals surface area contributed by atoms with Crippen LogP contribution in [-0.4, -0.2) is 26.2 Å². The molecule has 6 heteroatoms. The lowest BCUT2D eigenvalue weighted by Crippen LogP contribution is -2.13. The monoisotopic (exact) mass is 374 g/mol. The second-order valence-electron chi connectivity index (χ2n) is 4.60. The number of nitrogens with zero attached hydrogens (tertiary/aromatic N) is 1. The van der Waals surface area contributed by atoms with Gasteiger partial charge in [0.1, 0.15) is 18.4 Å². The quantitative estimate of drug-likeness (QED) is 0.784. The van der Waals surface area contributed by atoms with Crippen LogP contribution >= 0.6 is 15.9 Å². The predicted octanol–water partition coefficient (Wildman–Crippen LogP) is 3.60. The molecule has 0 saturated carbocycles. The van der Waals surface area contributed by atoms with Gasteiger partial charge in [-0.3, -0.25) is 4.79 Å². The van der Waals surface area contributed by atoms with E-state index >= 15 is 0 Å². The molecule has 0 heterocycles. The standard InChI is InChI=1S/C17H15BrN2O3/c1-22-8-9-23-16-7-6-12(10-14(16)18)17(21)20-15-5-3-2-4-13(15)11-19/h2-7,10H,8-9H2,1H3,(H,20,21). The van der Waals surface area contributed by atoms with E-state index in [-0.39, 0.29) is 5.91 Å². The summed E-state index contributed by atoms with van der Waals surface area (Å²) in [6.45, 7) is 0.913. The number of rotatable bonds is 6. The van der Waals surface area contributed by atoms with Crippen molar-refractivity contribution in [2.45, 2.75) is 0 Å². The summed E-state index contributed by atoms with van der Waals surface area (Å²) >= 11 is 3.38. The van der Waals surface area contributed by atoms with Gasteiger partial charge in [-0.05, 0) is 46.3 Å². The SMILES string of the molecule is COCCOc1ccc(C(=O)Nc2ccccc2C#N)cc1Br. The van der Waals surface area contributed by atoms with Crippen molar-refractivity contribution in [1.29, 1.82) is 5.26 Å². The number of carbonyl (C=O) groups is 1. The summed E-state index contributed by atoms with van der Waals surface area (Å²) in [6.07, 6.45) is 0. The molecule has 5 nitrogen and oxygen atoms in total. The summed E-state index contributed by atoms with van der Waals surface area (Å²) in [6, 6.07) is 13.9. The first kappa shape index (κ1) is 17.0. The smallest absolute Gasteiger partial charge is 0.255 e. The van der Waals surface area contributed by atoms with Crippen molar-refractivity contribution in [2.24, 2.45) is 0 Å². The van der Waals surface area contributed by atoms with Crippen LogP contribution in [0.25, 0.3) is 0 Å². The minimum absolute atomic E-state index is 0.295. The van der Waals surface area contributed by atoms with E-state index in [1.165, 1.54) is 0 Å². The highest BCUT2D eigenvalue weighted by molar-refractivity contribution is 9.10. The molecular formula is C17H15BrN2O3. The highest BCUT2D eigenvalue weighted by atomic mass is 79.9. The zero-order chi connectivity index (χ0) is 16.7. The van der Waals surface area contributed by atoms with Crippen LogP contribution in [0.15, 0.2) is 46.9 Å². The minimum atomic E-state index is -0.295. The van der Waals surface area contributed by atoms with E-state index < -0.39 is 0 Å². The summed E-state index contributed by atoms with van der Waals surface area (Å²) in [5.74, 6) is 0.341. The largest absolute Gasteiger partial charge is 0.490 e. The van der Waals surface area contributed by atoms with Crippen LogP contribution in [0.3, 0.4) is 0 Å². The molecule has 23 heavy (non-hydrogen) atoms. The van der Waals surface area contributed by atoms with Gasteiger partial charge in [-0.2, -0.15) is 5.26 Å². The third-order valence-electron chi connectivity index (χ3n) is 3.03. The Bertz CT molecular complexity index is 741. The fraction of sp³-hybridized carbons (Fsp3) is 0.176. The van der Waals surface area contributed by atoms with Crippen molar-refractivity contribution in [1.82, 2.24) is 0 Å². The van der Waals surface area contributed by atoms with E-state index in [1.54, 1.807) is 49.6 Å². The predicted molar refractivity (Wildman–Crippen MR) is 90.6 cm³/mol. The number of amides is 1. The van der Waals surface area contributed by atoms with Gasteiger partial charge in [0, 0.05) is 12.7 Å². The maximum Gasteiger partial charge on any atom is 0.255 e. The van der Waals surface area contributed by atoms with E-state index in [4.69, 9.17) is 14.7 Å². The first-order valence-electron chi connectivity index (χ1n) is 6.87. The van der Waals surface area contributed by atoms with Gasteiger partial charge in [0.15, 0.2) is 0 Å². The average Bonchev–Trinajstić information content (AvgIpc) is 2.57. The number of nitrogens with one attached hydrogen (secondary N) is 1. The van der Waals surface area contributed by atoms with Crippen LogP contribution in [0.4, 0.5) is 5.69 Å². The van der Waals surface area contributed by atoms with Gasteiger partial charge in [0.2, 0.25) is 0 Å². The van der Waals surface area contributed by atoms with Crippen molar-refractivity contribution in [2.75, 3.05) is 25.6 Å². The lowest BCUT2D eigenvalue weighted by Gasteiger charge is -2.10. The average molecular weight is 375 g/mol. The Hall–Kier alpha value is -2.36. The Balaban J connectivity index is 2.11. The van der Waals surface area contributed by atoms with Crippen molar-refractivity contribution in [3.63, 3.8) is 0 Å². The van der Waals surface area contributed by atoms with Crippen molar-refractivity contribution in [3.05, 3.63) is 58.1 Å². The number of ether oxygens (including phenoxy) is 2. The topological polar surface area (TPSA) is 71.3 Å². The maximum atomic E-state index is 12.3. The number of nitriles is 1. The zero-order valence-electron chi connectivity index (χ0n) is 12.5. The molecule has 0 saturated heterocycles. The van der Waals surface area contributed by atoms with E-state index in [0.717, 1.165) is 0 Å². The number of anilines is 1. The maximum absolute atomic E-state index is 12.3. The molecule has 0 aliphatic rings. The summed E-state index contributed by atoms with van der Waals surface area (Å²) < 4.78 is 11.1. The number of hydrogen-bond donors (Lipinski definition) is 1. The Kier molecular flexibility index (Phi) is 6.15. The van der Waals surface area contributed by atoms with E-state index in [2.05, 4.69) is 21.2 Å². The number of hydrogen-bond acceptors (Lipinski definition) is 4. The fourth-order valence-corrected chi connectivity index (χ4v) is 2.37. The van der Waals surface area contributed by atoms with Crippen LogP contribution in [0, 0.1) is 11.3 Å². The Morgan fingerprint density at radius 3 is 2.74 bits per heavy atom. The molecule has 0 fully saturated rings. The number of carbonyl (C=O) groups excluding carboxylic acids is 1. The molecule has 2 rings (SSSR count). The molecule has 0 bridgehead atoms. The van der Waals surface area contributed by atoms with E-state index in [0.29, 0.717) is 40.3 Å². The highest BCUT2D eigenvalue weighted by Gasteiger charge is 2.11. The van der Waals surface area contributed by atoms with E-state index in [1.807, 2.05) is 6.07 Å². The summed E-state index contributed by atoms with van der Waals surface area (Å²) in [5, 5.41) is 11.8. The molecule has 2 aromatic carbocycles.